The molecule has 0 radical (unpaired) electrons. The van der Waals surface area contributed by atoms with Gasteiger partial charge in [-0.15, -0.1) is 11.8 Å². The lowest BCUT2D eigenvalue weighted by Crippen LogP contribution is -2.13. The molecule has 0 saturated heterocycles. The number of allylic oxidation sites excluding steroid dienone is 1. The van der Waals surface area contributed by atoms with E-state index in [1.54, 1.807) is 0 Å². The molecule has 0 spiro atoms. The van der Waals surface area contributed by atoms with E-state index >= 15 is 0 Å². The second kappa shape index (κ2) is 6.76. The van der Waals surface area contributed by atoms with Crippen molar-refractivity contribution in [2.24, 2.45) is 5.73 Å². The standard InChI is InChI=1S/C14H17FN2O2S/c1-17(2)4-3-13(16)20-8-11-6-12(15)5-10-7-18-9-19-14(10)11/h3-6,16H,7-9H2,1-2H3/p+1. The first kappa shape index (κ1) is 14.9. The minimum Gasteiger partial charge on any atom is -0.467 e. The fourth-order valence-electron chi connectivity index (χ4n) is 1.80. The summed E-state index contributed by atoms with van der Waals surface area (Å²) in [5.41, 5.74) is 7.44. The van der Waals surface area contributed by atoms with Gasteiger partial charge in [-0.3, -0.25) is 0 Å². The van der Waals surface area contributed by atoms with Crippen molar-refractivity contribution in [3.8, 4) is 5.75 Å². The van der Waals surface area contributed by atoms with Gasteiger partial charge < -0.3 is 15.2 Å². The molecular weight excluding hydrogens is 279 g/mol. The molecule has 2 N–H and O–H groups in total. The number of benzene rings is 1. The predicted octanol–water partition coefficient (Wildman–Crippen LogP) is 2.07. The Balaban J connectivity index is 2.12. The van der Waals surface area contributed by atoms with Crippen LogP contribution in [0.1, 0.15) is 11.1 Å². The van der Waals surface area contributed by atoms with E-state index in [2.05, 4.69) is 0 Å². The molecule has 1 aromatic rings. The zero-order valence-electron chi connectivity index (χ0n) is 11.6. The molecule has 0 atom stereocenters. The number of rotatable bonds is 4. The Morgan fingerprint density at radius 3 is 3.05 bits per heavy atom. The van der Waals surface area contributed by atoms with Crippen LogP contribution in [0.3, 0.4) is 0 Å². The van der Waals surface area contributed by atoms with Gasteiger partial charge in [0.1, 0.15) is 25.7 Å². The Kier molecular flexibility index (Phi) is 5.03. The average molecular weight is 297 g/mol. The number of hydrogen-bond acceptors (Lipinski definition) is 4. The quantitative estimate of drug-likeness (QED) is 0.683. The monoisotopic (exact) mass is 297 g/mol. The summed E-state index contributed by atoms with van der Waals surface area (Å²) in [7, 11) is 3.84. The number of ether oxygens (including phenoxy) is 2. The fraction of sp³-hybridized carbons (Fsp3) is 0.357. The summed E-state index contributed by atoms with van der Waals surface area (Å²) in [5.74, 6) is 0.995. The Morgan fingerprint density at radius 2 is 2.30 bits per heavy atom. The molecule has 4 nitrogen and oxygen atoms in total. The SMILES string of the molecule is C[N+](C)=C/C=C(\N)SCc1cc(F)cc2c1OCOC2. The first-order chi connectivity index (χ1) is 9.56. The van der Waals surface area contributed by atoms with Crippen LogP contribution in [0.25, 0.3) is 0 Å². The predicted molar refractivity (Wildman–Crippen MR) is 78.4 cm³/mol. The molecule has 1 aromatic carbocycles. The number of halogens is 1. The first-order valence-corrected chi connectivity index (χ1v) is 7.16. The smallest absolute Gasteiger partial charge is 0.189 e. The van der Waals surface area contributed by atoms with Crippen molar-refractivity contribution in [1.29, 1.82) is 0 Å². The van der Waals surface area contributed by atoms with Gasteiger partial charge in [-0.25, -0.2) is 8.97 Å². The summed E-state index contributed by atoms with van der Waals surface area (Å²) in [6.45, 7) is 0.584. The maximum Gasteiger partial charge on any atom is 0.189 e. The van der Waals surface area contributed by atoms with Crippen LogP contribution in [-0.2, 0) is 17.1 Å². The van der Waals surface area contributed by atoms with Crippen molar-refractivity contribution >= 4 is 18.0 Å². The van der Waals surface area contributed by atoms with Crippen LogP contribution in [0.5, 0.6) is 5.75 Å². The van der Waals surface area contributed by atoms with Crippen LogP contribution in [-0.4, -0.2) is 31.7 Å². The van der Waals surface area contributed by atoms with E-state index in [1.165, 1.54) is 23.9 Å². The highest BCUT2D eigenvalue weighted by molar-refractivity contribution is 8.02. The molecule has 0 saturated carbocycles. The summed E-state index contributed by atoms with van der Waals surface area (Å²) in [6, 6.07) is 2.93. The van der Waals surface area contributed by atoms with E-state index in [0.29, 0.717) is 17.4 Å². The number of nitrogens with two attached hydrogens (primary N) is 1. The Morgan fingerprint density at radius 1 is 1.50 bits per heavy atom. The molecular formula is C14H18FN2O2S+. The molecule has 2 rings (SSSR count). The molecule has 1 aliphatic heterocycles. The second-order valence-corrected chi connectivity index (χ2v) is 5.68. The molecule has 0 amide bonds. The van der Waals surface area contributed by atoms with Gasteiger partial charge in [0, 0.05) is 23.0 Å². The van der Waals surface area contributed by atoms with Crippen LogP contribution in [0.15, 0.2) is 23.2 Å². The van der Waals surface area contributed by atoms with E-state index in [0.717, 1.165) is 16.9 Å². The Labute approximate surface area is 122 Å². The largest absolute Gasteiger partial charge is 0.467 e. The van der Waals surface area contributed by atoms with Crippen LogP contribution < -0.4 is 10.5 Å². The maximum absolute atomic E-state index is 13.6. The normalized spacial score (nSPS) is 14.4. The third-order valence-corrected chi connectivity index (χ3v) is 3.61. The zero-order valence-corrected chi connectivity index (χ0v) is 12.4. The lowest BCUT2D eigenvalue weighted by molar-refractivity contribution is -0.458. The highest BCUT2D eigenvalue weighted by atomic mass is 32.2. The van der Waals surface area contributed by atoms with E-state index in [1.807, 2.05) is 31.0 Å². The molecule has 0 aliphatic carbocycles. The molecule has 1 aliphatic rings. The van der Waals surface area contributed by atoms with Gasteiger partial charge in [-0.05, 0) is 12.1 Å². The van der Waals surface area contributed by atoms with E-state index in [4.69, 9.17) is 15.2 Å². The number of fused-ring (bicyclic) bond motifs is 1. The van der Waals surface area contributed by atoms with Crippen molar-refractivity contribution in [3.05, 3.63) is 40.2 Å². The van der Waals surface area contributed by atoms with Crippen LogP contribution in [0.2, 0.25) is 0 Å². The third-order valence-electron chi connectivity index (χ3n) is 2.68. The fourth-order valence-corrected chi connectivity index (χ4v) is 2.49. The van der Waals surface area contributed by atoms with E-state index < -0.39 is 0 Å². The lowest BCUT2D eigenvalue weighted by Gasteiger charge is -2.20. The van der Waals surface area contributed by atoms with Gasteiger partial charge in [-0.1, -0.05) is 0 Å². The van der Waals surface area contributed by atoms with Gasteiger partial charge >= 0.3 is 0 Å². The summed E-state index contributed by atoms with van der Waals surface area (Å²) in [4.78, 5) is 0. The maximum atomic E-state index is 13.6. The van der Waals surface area contributed by atoms with Crippen molar-refractivity contribution in [2.75, 3.05) is 20.9 Å². The lowest BCUT2D eigenvalue weighted by atomic mass is 10.1. The Bertz CT molecular complexity index is 554. The summed E-state index contributed by atoms with van der Waals surface area (Å²) >= 11 is 1.45. The Hall–Kier alpha value is -1.53. The van der Waals surface area contributed by atoms with Gasteiger partial charge in [-0.2, -0.15) is 0 Å². The number of thioether (sulfide) groups is 1. The molecule has 6 heteroatoms. The second-order valence-electron chi connectivity index (χ2n) is 4.63. The topological polar surface area (TPSA) is 47.5 Å². The molecule has 108 valence electrons. The summed E-state index contributed by atoms with van der Waals surface area (Å²) in [5, 5.41) is 0.670. The van der Waals surface area contributed by atoms with Crippen molar-refractivity contribution in [2.45, 2.75) is 12.4 Å². The van der Waals surface area contributed by atoms with Gasteiger partial charge in [0.25, 0.3) is 0 Å². The van der Waals surface area contributed by atoms with Gasteiger partial charge in [0.2, 0.25) is 0 Å². The summed E-state index contributed by atoms with van der Waals surface area (Å²) in [6.07, 6.45) is 3.69. The highest BCUT2D eigenvalue weighted by Gasteiger charge is 2.17. The molecule has 0 fully saturated rings. The van der Waals surface area contributed by atoms with E-state index in [-0.39, 0.29) is 12.6 Å². The van der Waals surface area contributed by atoms with Crippen molar-refractivity contribution < 1.29 is 18.4 Å². The van der Waals surface area contributed by atoms with Crippen LogP contribution in [0, 0.1) is 5.82 Å². The number of hydrogen-bond donors (Lipinski definition) is 1. The first-order valence-electron chi connectivity index (χ1n) is 6.18. The molecule has 0 unspecified atom stereocenters. The van der Waals surface area contributed by atoms with E-state index in [9.17, 15) is 4.39 Å². The zero-order chi connectivity index (χ0) is 14.5. The molecule has 0 aromatic heterocycles. The van der Waals surface area contributed by atoms with Crippen molar-refractivity contribution in [3.63, 3.8) is 0 Å². The van der Waals surface area contributed by atoms with Crippen LogP contribution >= 0.6 is 11.8 Å². The summed E-state index contributed by atoms with van der Waals surface area (Å²) < 4.78 is 26.1. The minimum absolute atomic E-state index is 0.204. The highest BCUT2D eigenvalue weighted by Crippen LogP contribution is 2.32. The molecule has 1 heterocycles. The van der Waals surface area contributed by atoms with Crippen LogP contribution in [0.4, 0.5) is 4.39 Å². The number of nitrogens with zero attached hydrogens (tertiary/aromatic N) is 1. The molecule has 20 heavy (non-hydrogen) atoms. The average Bonchev–Trinajstić information content (AvgIpc) is 2.42. The van der Waals surface area contributed by atoms with Crippen molar-refractivity contribution in [1.82, 2.24) is 0 Å². The third kappa shape index (κ3) is 3.98. The molecule has 0 bridgehead atoms. The van der Waals surface area contributed by atoms with Gasteiger partial charge in [0.15, 0.2) is 13.0 Å². The van der Waals surface area contributed by atoms with Gasteiger partial charge in [0.05, 0.1) is 11.6 Å². The minimum atomic E-state index is -0.282.